The highest BCUT2D eigenvalue weighted by Gasteiger charge is 2.19. The molecule has 0 unspecified atom stereocenters. The van der Waals surface area contributed by atoms with Gasteiger partial charge in [0.15, 0.2) is 5.82 Å². The minimum atomic E-state index is 0.661. The Bertz CT molecular complexity index is 3720. The van der Waals surface area contributed by atoms with E-state index in [-0.39, 0.29) is 0 Å². The Morgan fingerprint density at radius 2 is 0.766 bits per heavy atom. The zero-order valence-electron chi connectivity index (χ0n) is 34.5. The summed E-state index contributed by atoms with van der Waals surface area (Å²) < 4.78 is 4.79. The summed E-state index contributed by atoms with van der Waals surface area (Å²) in [5.74, 6) is 0.661. The van der Waals surface area contributed by atoms with Crippen LogP contribution in [0, 0.1) is 0 Å². The van der Waals surface area contributed by atoms with Crippen molar-refractivity contribution in [1.29, 1.82) is 0 Å². The van der Waals surface area contributed by atoms with Crippen LogP contribution >= 0.6 is 0 Å². The largest absolute Gasteiger partial charge is 0.309 e. The number of aromatic nitrogens is 6. The predicted octanol–water partition coefficient (Wildman–Crippen LogP) is 14.4. The SMILES string of the molecule is c1ccc(-c2nc(-c3ccc(-c4ccc5ccc6cccnc6c5n4)cc3)cc(-c3cc(-n4c5ccccc5c5ccccc54)cc(-n4c5ccccc5c5ccccc54)c3)n2)cc1. The number of fused-ring (bicyclic) bond motifs is 9. The van der Waals surface area contributed by atoms with Crippen molar-refractivity contribution in [2.45, 2.75) is 0 Å². The van der Waals surface area contributed by atoms with Crippen molar-refractivity contribution in [3.05, 3.63) is 219 Å². The lowest BCUT2D eigenvalue weighted by atomic mass is 10.0. The molecule has 5 aromatic heterocycles. The third-order valence-electron chi connectivity index (χ3n) is 12.5. The molecule has 0 atom stereocenters. The molecule has 0 amide bonds. The Balaban J connectivity index is 1.02. The molecule has 0 bridgehead atoms. The van der Waals surface area contributed by atoms with Crippen molar-refractivity contribution >= 4 is 65.4 Å². The molecule has 0 aliphatic carbocycles. The van der Waals surface area contributed by atoms with Gasteiger partial charge in [0.05, 0.1) is 50.2 Å². The Morgan fingerprint density at radius 1 is 0.297 bits per heavy atom. The van der Waals surface area contributed by atoms with Crippen LogP contribution in [-0.4, -0.2) is 29.1 Å². The third kappa shape index (κ3) is 5.81. The maximum Gasteiger partial charge on any atom is 0.160 e. The van der Waals surface area contributed by atoms with Crippen LogP contribution in [0.25, 0.3) is 122 Å². The standard InChI is InChI=1S/C58H36N6/c1-2-13-41(14-3-1)58-61-50(38-26-24-37(25-27-38)49-31-30-40-29-28-39-15-12-32-59-56(39)57(40)60-49)36-51(62-58)42-33-43(63-52-20-8-4-16-45(52)46-17-5-9-21-53(46)63)35-44(34-42)64-54-22-10-6-18-47(54)48-19-7-11-23-55(48)64/h1-36H. The highest BCUT2D eigenvalue weighted by Crippen LogP contribution is 2.39. The molecule has 0 fully saturated rings. The van der Waals surface area contributed by atoms with Gasteiger partial charge < -0.3 is 9.13 Å². The molecule has 0 N–H and O–H groups in total. The van der Waals surface area contributed by atoms with E-state index in [4.69, 9.17) is 15.0 Å². The van der Waals surface area contributed by atoms with Gasteiger partial charge in [0.2, 0.25) is 0 Å². The zero-order valence-corrected chi connectivity index (χ0v) is 34.5. The second kappa shape index (κ2) is 14.4. The first kappa shape index (κ1) is 36.0. The van der Waals surface area contributed by atoms with Gasteiger partial charge in [-0.05, 0) is 60.7 Å². The van der Waals surface area contributed by atoms with Crippen molar-refractivity contribution in [3.8, 4) is 56.5 Å². The van der Waals surface area contributed by atoms with Gasteiger partial charge in [-0.3, -0.25) is 4.98 Å². The zero-order chi connectivity index (χ0) is 42.1. The summed E-state index contributed by atoms with van der Waals surface area (Å²) in [5, 5.41) is 6.99. The van der Waals surface area contributed by atoms with E-state index in [0.717, 1.165) is 94.6 Å². The first-order chi connectivity index (χ1) is 31.7. The Labute approximate surface area is 368 Å². The molecule has 298 valence electrons. The van der Waals surface area contributed by atoms with Gasteiger partial charge in [-0.25, -0.2) is 15.0 Å². The molecule has 0 radical (unpaired) electrons. The van der Waals surface area contributed by atoms with Crippen molar-refractivity contribution in [3.63, 3.8) is 0 Å². The van der Waals surface area contributed by atoms with Gasteiger partial charge >= 0.3 is 0 Å². The molecule has 8 aromatic carbocycles. The molecule has 5 heterocycles. The van der Waals surface area contributed by atoms with Crippen molar-refractivity contribution < 1.29 is 0 Å². The number of hydrogen-bond acceptors (Lipinski definition) is 4. The lowest BCUT2D eigenvalue weighted by molar-refractivity contribution is 1.13. The second-order valence-corrected chi connectivity index (χ2v) is 16.3. The maximum atomic E-state index is 5.37. The molecule has 0 saturated heterocycles. The molecule has 0 aliphatic rings. The lowest BCUT2D eigenvalue weighted by Gasteiger charge is -2.16. The maximum absolute atomic E-state index is 5.37. The molecule has 0 spiro atoms. The van der Waals surface area contributed by atoms with Crippen LogP contribution < -0.4 is 0 Å². The highest BCUT2D eigenvalue weighted by atomic mass is 15.0. The lowest BCUT2D eigenvalue weighted by Crippen LogP contribution is -2.01. The van der Waals surface area contributed by atoms with E-state index in [1.165, 1.54) is 21.5 Å². The van der Waals surface area contributed by atoms with Crippen molar-refractivity contribution in [2.24, 2.45) is 0 Å². The van der Waals surface area contributed by atoms with E-state index >= 15 is 0 Å². The summed E-state index contributed by atoms with van der Waals surface area (Å²) in [6.45, 7) is 0. The van der Waals surface area contributed by atoms with Crippen LogP contribution in [0.1, 0.15) is 0 Å². The van der Waals surface area contributed by atoms with Crippen LogP contribution in [0.3, 0.4) is 0 Å². The molecule has 0 saturated carbocycles. The molecule has 13 aromatic rings. The van der Waals surface area contributed by atoms with Crippen LogP contribution in [0.15, 0.2) is 219 Å². The average molecular weight is 817 g/mol. The monoisotopic (exact) mass is 816 g/mol. The van der Waals surface area contributed by atoms with Gasteiger partial charge in [0.25, 0.3) is 0 Å². The Kier molecular flexibility index (Phi) is 8.11. The predicted molar refractivity (Wildman–Crippen MR) is 263 cm³/mol. The fraction of sp³-hybridized carbons (Fsp3) is 0. The van der Waals surface area contributed by atoms with Crippen LogP contribution in [-0.2, 0) is 0 Å². The molecule has 6 heteroatoms. The quantitative estimate of drug-likeness (QED) is 0.157. The number of para-hydroxylation sites is 4. The number of hydrogen-bond donors (Lipinski definition) is 0. The smallest absolute Gasteiger partial charge is 0.160 e. The number of nitrogens with zero attached hydrogens (tertiary/aromatic N) is 6. The molecule has 13 rings (SSSR count). The summed E-state index contributed by atoms with van der Waals surface area (Å²) in [4.78, 5) is 20.4. The molecular formula is C58H36N6. The minimum Gasteiger partial charge on any atom is -0.309 e. The van der Waals surface area contributed by atoms with Crippen molar-refractivity contribution in [1.82, 2.24) is 29.1 Å². The summed E-state index contributed by atoms with van der Waals surface area (Å²) in [5.41, 5.74) is 15.0. The van der Waals surface area contributed by atoms with Gasteiger partial charge in [-0.1, -0.05) is 152 Å². The van der Waals surface area contributed by atoms with E-state index < -0.39 is 0 Å². The van der Waals surface area contributed by atoms with E-state index in [1.807, 2.05) is 30.5 Å². The van der Waals surface area contributed by atoms with Crippen LogP contribution in [0.5, 0.6) is 0 Å². The van der Waals surface area contributed by atoms with E-state index in [1.54, 1.807) is 0 Å². The summed E-state index contributed by atoms with van der Waals surface area (Å²) >= 11 is 0. The second-order valence-electron chi connectivity index (χ2n) is 16.3. The topological polar surface area (TPSA) is 61.4 Å². The summed E-state index contributed by atoms with van der Waals surface area (Å²) in [7, 11) is 0. The average Bonchev–Trinajstić information content (AvgIpc) is 3.89. The van der Waals surface area contributed by atoms with Gasteiger partial charge in [0, 0.05) is 72.1 Å². The summed E-state index contributed by atoms with van der Waals surface area (Å²) in [6.07, 6.45) is 1.83. The number of pyridine rings is 2. The Morgan fingerprint density at radius 3 is 1.33 bits per heavy atom. The first-order valence-corrected chi connectivity index (χ1v) is 21.5. The first-order valence-electron chi connectivity index (χ1n) is 21.5. The molecule has 0 aliphatic heterocycles. The normalized spacial score (nSPS) is 11.8. The van der Waals surface area contributed by atoms with Crippen LogP contribution in [0.2, 0.25) is 0 Å². The molecule has 64 heavy (non-hydrogen) atoms. The van der Waals surface area contributed by atoms with Gasteiger partial charge in [-0.2, -0.15) is 0 Å². The van der Waals surface area contributed by atoms with Crippen molar-refractivity contribution in [2.75, 3.05) is 0 Å². The number of rotatable bonds is 6. The van der Waals surface area contributed by atoms with Gasteiger partial charge in [-0.15, -0.1) is 0 Å². The summed E-state index contributed by atoms with van der Waals surface area (Å²) in [6, 6.07) is 75.0. The highest BCUT2D eigenvalue weighted by molar-refractivity contribution is 6.11. The van der Waals surface area contributed by atoms with Crippen LogP contribution in [0.4, 0.5) is 0 Å². The fourth-order valence-electron chi connectivity index (χ4n) is 9.56. The minimum absolute atomic E-state index is 0.661. The third-order valence-corrected chi connectivity index (χ3v) is 12.5. The molecular weight excluding hydrogens is 781 g/mol. The van der Waals surface area contributed by atoms with E-state index in [2.05, 4.69) is 202 Å². The molecule has 6 nitrogen and oxygen atoms in total. The van der Waals surface area contributed by atoms with E-state index in [0.29, 0.717) is 5.82 Å². The fourth-order valence-corrected chi connectivity index (χ4v) is 9.56. The number of benzene rings is 8. The van der Waals surface area contributed by atoms with E-state index in [9.17, 15) is 0 Å². The Hall–Kier alpha value is -8.74. The van der Waals surface area contributed by atoms with Gasteiger partial charge in [0.1, 0.15) is 0 Å².